The summed E-state index contributed by atoms with van der Waals surface area (Å²) in [4.78, 5) is 39.2. The topological polar surface area (TPSA) is 99.7 Å². The van der Waals surface area contributed by atoms with E-state index in [4.69, 9.17) is 0 Å². The van der Waals surface area contributed by atoms with Crippen molar-refractivity contribution >= 4 is 29.3 Å². The summed E-state index contributed by atoms with van der Waals surface area (Å²) in [6.07, 6.45) is -0.0290. The van der Waals surface area contributed by atoms with E-state index >= 15 is 0 Å². The molecule has 3 aromatic rings. The Morgan fingerprint density at radius 1 is 0.929 bits per heavy atom. The quantitative estimate of drug-likeness (QED) is 0.181. The van der Waals surface area contributed by atoms with Crippen LogP contribution in [0.5, 0.6) is 5.75 Å². The lowest BCUT2D eigenvalue weighted by molar-refractivity contribution is -0.274. The molecule has 2 heterocycles. The molecule has 42 heavy (non-hydrogen) atoms. The highest BCUT2D eigenvalue weighted by Gasteiger charge is 2.31. The number of benzene rings is 1. The van der Waals surface area contributed by atoms with Gasteiger partial charge in [0.05, 0.1) is 12.1 Å². The van der Waals surface area contributed by atoms with Gasteiger partial charge in [0.15, 0.2) is 0 Å². The first-order chi connectivity index (χ1) is 20.1. The van der Waals surface area contributed by atoms with Crippen molar-refractivity contribution in [1.29, 1.82) is 0 Å². The first-order valence-electron chi connectivity index (χ1n) is 13.5. The lowest BCUT2D eigenvalue weighted by atomic mass is 10.2. The molecule has 1 aromatic carbocycles. The molecule has 0 aliphatic carbocycles. The van der Waals surface area contributed by atoms with Crippen LogP contribution in [0, 0.1) is 0 Å². The maximum Gasteiger partial charge on any atom is 0.573 e. The Bertz CT molecular complexity index is 1280. The minimum absolute atomic E-state index is 0.172. The summed E-state index contributed by atoms with van der Waals surface area (Å²) in [6, 6.07) is 11.6. The van der Waals surface area contributed by atoms with Crippen LogP contribution in [0.25, 0.3) is 0 Å². The van der Waals surface area contributed by atoms with E-state index in [1.807, 2.05) is 6.92 Å². The average molecular weight is 605 g/mol. The number of rotatable bonds is 15. The average Bonchev–Trinajstić information content (AvgIpc) is 2.97. The number of amides is 2. The summed E-state index contributed by atoms with van der Waals surface area (Å²) >= 11 is 1.20. The van der Waals surface area contributed by atoms with Gasteiger partial charge >= 0.3 is 6.36 Å². The molecule has 9 nitrogen and oxygen atoms in total. The van der Waals surface area contributed by atoms with Crippen LogP contribution in [-0.2, 0) is 4.79 Å². The minimum Gasteiger partial charge on any atom is -0.406 e. The van der Waals surface area contributed by atoms with Gasteiger partial charge < -0.3 is 20.3 Å². The number of pyridine rings is 2. The van der Waals surface area contributed by atoms with Crippen molar-refractivity contribution in [2.75, 3.05) is 44.6 Å². The second-order valence-corrected chi connectivity index (χ2v) is 10.2. The number of carbonyl (C=O) groups excluding carboxylic acids is 2. The number of nitrogens with one attached hydrogen (secondary N) is 2. The van der Waals surface area contributed by atoms with Gasteiger partial charge in [0.1, 0.15) is 16.1 Å². The molecule has 0 saturated carbocycles. The van der Waals surface area contributed by atoms with Crippen LogP contribution in [0.1, 0.15) is 42.1 Å². The highest BCUT2D eigenvalue weighted by Crippen LogP contribution is 2.34. The number of alkyl halides is 3. The predicted molar refractivity (Wildman–Crippen MR) is 156 cm³/mol. The van der Waals surface area contributed by atoms with Gasteiger partial charge in [-0.2, -0.15) is 0 Å². The zero-order valence-electron chi connectivity index (χ0n) is 23.7. The zero-order valence-corrected chi connectivity index (χ0v) is 24.5. The van der Waals surface area contributed by atoms with Crippen LogP contribution in [0.15, 0.2) is 72.1 Å². The Balaban J connectivity index is 1.73. The molecule has 1 atom stereocenters. The molecule has 1 unspecified atom stereocenters. The predicted octanol–water partition coefficient (Wildman–Crippen LogP) is 5.20. The van der Waals surface area contributed by atoms with Crippen LogP contribution in [0.2, 0.25) is 0 Å². The summed E-state index contributed by atoms with van der Waals surface area (Å²) in [5, 5.41) is 5.53. The fraction of sp³-hybridized carbons (Fsp3) is 0.379. The molecule has 2 amide bonds. The molecule has 0 saturated heterocycles. The Morgan fingerprint density at radius 2 is 1.57 bits per heavy atom. The third-order valence-corrected chi connectivity index (χ3v) is 7.51. The van der Waals surface area contributed by atoms with E-state index in [1.165, 1.54) is 23.9 Å². The van der Waals surface area contributed by atoms with Gasteiger partial charge in [-0.3, -0.25) is 19.5 Å². The molecule has 3 rings (SSSR count). The minimum atomic E-state index is -4.81. The monoisotopic (exact) mass is 604 g/mol. The first-order valence-corrected chi connectivity index (χ1v) is 14.4. The number of ether oxygens (including phenoxy) is 1. The molecule has 0 fully saturated rings. The van der Waals surface area contributed by atoms with E-state index < -0.39 is 23.4 Å². The summed E-state index contributed by atoms with van der Waals surface area (Å²) in [5.74, 6) is -1.08. The molecule has 2 N–H and O–H groups in total. The summed E-state index contributed by atoms with van der Waals surface area (Å²) < 4.78 is 41.3. The van der Waals surface area contributed by atoms with Crippen molar-refractivity contribution in [1.82, 2.24) is 25.1 Å². The second kappa shape index (κ2) is 16.1. The number of likely N-dealkylation sites (N-methyl/N-ethyl adjacent to an activating group) is 2. The molecule has 2 aromatic heterocycles. The van der Waals surface area contributed by atoms with E-state index in [-0.39, 0.29) is 23.7 Å². The molecular formula is C29H35F3N6O3S. The Labute approximate surface area is 247 Å². The number of hydrogen-bond donors (Lipinski definition) is 2. The molecule has 0 bridgehead atoms. The smallest absolute Gasteiger partial charge is 0.406 e. The first kappa shape index (κ1) is 32.8. The van der Waals surface area contributed by atoms with E-state index in [2.05, 4.69) is 49.0 Å². The molecule has 0 aliphatic rings. The second-order valence-electron chi connectivity index (χ2n) is 9.12. The summed E-state index contributed by atoms with van der Waals surface area (Å²) in [6.45, 7) is 10.7. The lowest BCUT2D eigenvalue weighted by Gasteiger charge is -2.26. The van der Waals surface area contributed by atoms with Gasteiger partial charge in [0.2, 0.25) is 5.91 Å². The number of hydrogen-bond acceptors (Lipinski definition) is 8. The number of carbonyl (C=O) groups is 2. The van der Waals surface area contributed by atoms with Crippen molar-refractivity contribution in [2.24, 2.45) is 0 Å². The van der Waals surface area contributed by atoms with Gasteiger partial charge in [-0.15, -0.1) is 13.2 Å². The highest BCUT2D eigenvalue weighted by molar-refractivity contribution is 7.99. The van der Waals surface area contributed by atoms with Crippen molar-refractivity contribution in [3.8, 4) is 5.75 Å². The van der Waals surface area contributed by atoms with Crippen molar-refractivity contribution < 1.29 is 27.5 Å². The largest absolute Gasteiger partial charge is 0.573 e. The van der Waals surface area contributed by atoms with Crippen LogP contribution < -0.4 is 15.4 Å². The van der Waals surface area contributed by atoms with Gasteiger partial charge in [-0.1, -0.05) is 32.5 Å². The van der Waals surface area contributed by atoms with E-state index in [1.54, 1.807) is 42.9 Å². The molecular weight excluding hydrogens is 569 g/mol. The highest BCUT2D eigenvalue weighted by atomic mass is 32.2. The third kappa shape index (κ3) is 10.6. The molecule has 13 heteroatoms. The zero-order chi connectivity index (χ0) is 30.5. The maximum absolute atomic E-state index is 13.2. The number of halogens is 3. The molecule has 0 spiro atoms. The number of thioether (sulfide) groups is 1. The van der Waals surface area contributed by atoms with Crippen LogP contribution >= 0.6 is 11.8 Å². The standard InChI is InChI=1S/C29H35F3N6O3S/c1-4-37(5-2)18-19-38(6-3)20-25(39)36-27(21-13-16-33-17-14-21)42-28-24(8-7-15-34-28)26(40)35-22-9-11-23(12-10-22)41-29(30,31)32/h7-17,27H,4-6,18-20H2,1-3H3,(H,35,40)(H,36,39). The third-order valence-electron chi connectivity index (χ3n) is 6.33. The fourth-order valence-electron chi connectivity index (χ4n) is 3.99. The summed E-state index contributed by atoms with van der Waals surface area (Å²) in [5.41, 5.74) is 1.28. The SMILES string of the molecule is CCN(CC)CCN(CC)CC(=O)NC(Sc1ncccc1C(=O)Nc1ccc(OC(F)(F)F)cc1)c1ccncc1. The normalized spacial score (nSPS) is 12.3. The molecule has 226 valence electrons. The van der Waals surface area contributed by atoms with E-state index in [0.717, 1.165) is 50.4 Å². The maximum atomic E-state index is 13.2. The van der Waals surface area contributed by atoms with Gasteiger partial charge in [0, 0.05) is 37.4 Å². The van der Waals surface area contributed by atoms with Crippen LogP contribution in [0.4, 0.5) is 18.9 Å². The Morgan fingerprint density at radius 3 is 2.19 bits per heavy atom. The van der Waals surface area contributed by atoms with Crippen LogP contribution in [-0.4, -0.2) is 77.2 Å². The molecule has 0 aliphatic heterocycles. The van der Waals surface area contributed by atoms with E-state index in [0.29, 0.717) is 5.03 Å². The Kier molecular flexibility index (Phi) is 12.6. The lowest BCUT2D eigenvalue weighted by Crippen LogP contribution is -2.41. The van der Waals surface area contributed by atoms with Crippen LogP contribution in [0.3, 0.4) is 0 Å². The number of anilines is 1. The van der Waals surface area contributed by atoms with E-state index in [9.17, 15) is 22.8 Å². The van der Waals surface area contributed by atoms with Gasteiger partial charge in [-0.25, -0.2) is 4.98 Å². The van der Waals surface area contributed by atoms with Crippen molar-refractivity contribution in [3.05, 3.63) is 78.2 Å². The van der Waals surface area contributed by atoms with Gasteiger partial charge in [-0.05, 0) is 73.7 Å². The number of nitrogens with zero attached hydrogens (tertiary/aromatic N) is 4. The molecule has 0 radical (unpaired) electrons. The van der Waals surface area contributed by atoms with Crippen molar-refractivity contribution in [2.45, 2.75) is 37.5 Å². The van der Waals surface area contributed by atoms with Gasteiger partial charge in [0.25, 0.3) is 5.91 Å². The Hall–Kier alpha value is -3.68. The number of aromatic nitrogens is 2. The summed E-state index contributed by atoms with van der Waals surface area (Å²) in [7, 11) is 0. The van der Waals surface area contributed by atoms with Crippen molar-refractivity contribution in [3.63, 3.8) is 0 Å². The fourth-order valence-corrected chi connectivity index (χ4v) is 5.11.